The molecule has 0 amide bonds. The topological polar surface area (TPSA) is 12.0 Å². The molecule has 0 aromatic heterocycles. The van der Waals surface area contributed by atoms with Gasteiger partial charge in [0.1, 0.15) is 5.82 Å². The number of hydrogen-bond acceptors (Lipinski definition) is 1. The van der Waals surface area contributed by atoms with Crippen LogP contribution in [0.1, 0.15) is 17.2 Å². The van der Waals surface area contributed by atoms with Gasteiger partial charge in [-0.1, -0.05) is 50.1 Å². The number of hydrogen-bond donors (Lipinski definition) is 1. The normalized spacial score (nSPS) is 12.4. The molecule has 1 atom stereocenters. The molecule has 2 rings (SSSR count). The van der Waals surface area contributed by atoms with Crippen LogP contribution in [0, 0.1) is 5.82 Å². The molecule has 1 nitrogen and oxygen atoms in total. The van der Waals surface area contributed by atoms with E-state index in [-0.39, 0.29) is 11.9 Å². The first-order valence-corrected chi connectivity index (χ1v) is 7.56. The first kappa shape index (κ1) is 14.7. The highest BCUT2D eigenvalue weighted by Gasteiger charge is 2.17. The summed E-state index contributed by atoms with van der Waals surface area (Å²) < 4.78 is 15.8. The highest BCUT2D eigenvalue weighted by atomic mass is 79.9. The minimum Gasteiger partial charge on any atom is -0.313 e. The first-order chi connectivity index (χ1) is 9.11. The highest BCUT2D eigenvalue weighted by molar-refractivity contribution is 9.10. The first-order valence-electron chi connectivity index (χ1n) is 5.97. The molecule has 2 aromatic rings. The maximum absolute atomic E-state index is 14.0. The molecule has 0 radical (unpaired) electrons. The van der Waals surface area contributed by atoms with Crippen molar-refractivity contribution in [2.45, 2.75) is 12.5 Å². The van der Waals surface area contributed by atoms with E-state index in [4.69, 9.17) is 0 Å². The standard InChI is InChI=1S/C15H14Br2FN/c1-19-14(9-10-4-2-5-11(16)8-10)15-12(17)6-3-7-13(15)18/h2-8,14,19H,9H2,1H3. The van der Waals surface area contributed by atoms with Crippen LogP contribution in [0.15, 0.2) is 51.4 Å². The van der Waals surface area contributed by atoms with E-state index in [9.17, 15) is 4.39 Å². The van der Waals surface area contributed by atoms with Gasteiger partial charge in [0.25, 0.3) is 0 Å². The summed E-state index contributed by atoms with van der Waals surface area (Å²) in [6.45, 7) is 0. The predicted octanol–water partition coefficient (Wildman–Crippen LogP) is 4.85. The van der Waals surface area contributed by atoms with Gasteiger partial charge in [-0.3, -0.25) is 0 Å². The van der Waals surface area contributed by atoms with Gasteiger partial charge in [-0.25, -0.2) is 4.39 Å². The van der Waals surface area contributed by atoms with Crippen LogP contribution in [0.2, 0.25) is 0 Å². The van der Waals surface area contributed by atoms with E-state index < -0.39 is 0 Å². The molecule has 19 heavy (non-hydrogen) atoms. The van der Waals surface area contributed by atoms with E-state index in [2.05, 4.69) is 43.2 Å². The summed E-state index contributed by atoms with van der Waals surface area (Å²) in [4.78, 5) is 0. The lowest BCUT2D eigenvalue weighted by Gasteiger charge is -2.19. The summed E-state index contributed by atoms with van der Waals surface area (Å²) in [5, 5.41) is 3.18. The van der Waals surface area contributed by atoms with Crippen molar-refractivity contribution < 1.29 is 4.39 Å². The van der Waals surface area contributed by atoms with Gasteiger partial charge in [-0.15, -0.1) is 0 Å². The second-order valence-electron chi connectivity index (χ2n) is 4.31. The molecule has 0 aliphatic heterocycles. The number of likely N-dealkylation sites (N-methyl/N-ethyl adjacent to an activating group) is 1. The second-order valence-corrected chi connectivity index (χ2v) is 6.08. The Hall–Kier alpha value is -0.710. The zero-order valence-electron chi connectivity index (χ0n) is 10.5. The Bertz CT molecular complexity index is 552. The summed E-state index contributed by atoms with van der Waals surface area (Å²) in [5.74, 6) is -0.191. The third kappa shape index (κ3) is 3.65. The maximum atomic E-state index is 14.0. The largest absolute Gasteiger partial charge is 0.313 e. The van der Waals surface area contributed by atoms with Crippen molar-refractivity contribution in [2.75, 3.05) is 7.05 Å². The molecule has 0 saturated heterocycles. The lowest BCUT2D eigenvalue weighted by molar-refractivity contribution is 0.531. The van der Waals surface area contributed by atoms with Gasteiger partial charge >= 0.3 is 0 Å². The summed E-state index contributed by atoms with van der Waals surface area (Å²) in [6.07, 6.45) is 0.732. The zero-order valence-corrected chi connectivity index (χ0v) is 13.6. The van der Waals surface area contributed by atoms with Crippen LogP contribution in [0.3, 0.4) is 0 Å². The molecule has 0 aliphatic rings. The van der Waals surface area contributed by atoms with Crippen molar-refractivity contribution in [2.24, 2.45) is 0 Å². The van der Waals surface area contributed by atoms with Crippen LogP contribution in [0.4, 0.5) is 4.39 Å². The Morgan fingerprint density at radius 3 is 2.53 bits per heavy atom. The van der Waals surface area contributed by atoms with Crippen LogP contribution in [-0.2, 0) is 6.42 Å². The molecule has 1 N–H and O–H groups in total. The molecule has 0 heterocycles. The Kier molecular flexibility index (Phi) is 5.13. The summed E-state index contributed by atoms with van der Waals surface area (Å²) in [7, 11) is 1.85. The Labute approximate surface area is 129 Å². The maximum Gasteiger partial charge on any atom is 0.129 e. The van der Waals surface area contributed by atoms with E-state index in [0.29, 0.717) is 5.56 Å². The summed E-state index contributed by atoms with van der Waals surface area (Å²) >= 11 is 6.88. The molecule has 0 aliphatic carbocycles. The van der Waals surface area contributed by atoms with Crippen molar-refractivity contribution in [3.05, 3.63) is 68.4 Å². The Balaban J connectivity index is 2.30. The Morgan fingerprint density at radius 1 is 1.16 bits per heavy atom. The van der Waals surface area contributed by atoms with E-state index in [0.717, 1.165) is 20.9 Å². The van der Waals surface area contributed by atoms with Crippen LogP contribution in [0.5, 0.6) is 0 Å². The number of rotatable bonds is 4. The van der Waals surface area contributed by atoms with E-state index >= 15 is 0 Å². The van der Waals surface area contributed by atoms with E-state index in [1.807, 2.05) is 31.3 Å². The smallest absolute Gasteiger partial charge is 0.129 e. The second kappa shape index (κ2) is 6.64. The van der Waals surface area contributed by atoms with Crippen molar-refractivity contribution in [3.63, 3.8) is 0 Å². The molecule has 1 unspecified atom stereocenters. The molecule has 0 saturated carbocycles. The SMILES string of the molecule is CNC(Cc1cccc(Br)c1)c1c(F)cccc1Br. The molecule has 2 aromatic carbocycles. The van der Waals surface area contributed by atoms with E-state index in [1.54, 1.807) is 6.07 Å². The van der Waals surface area contributed by atoms with Gasteiger partial charge in [0.15, 0.2) is 0 Å². The monoisotopic (exact) mass is 385 g/mol. The molecule has 100 valence electrons. The van der Waals surface area contributed by atoms with Gasteiger partial charge in [0, 0.05) is 20.6 Å². The number of nitrogens with one attached hydrogen (secondary N) is 1. The van der Waals surface area contributed by atoms with Crippen LogP contribution in [-0.4, -0.2) is 7.05 Å². The van der Waals surface area contributed by atoms with Crippen molar-refractivity contribution in [3.8, 4) is 0 Å². The molecule has 0 fully saturated rings. The van der Waals surface area contributed by atoms with E-state index in [1.165, 1.54) is 6.07 Å². The fourth-order valence-corrected chi connectivity index (χ4v) is 3.16. The minimum absolute atomic E-state index is 0.0649. The van der Waals surface area contributed by atoms with Crippen LogP contribution in [0.25, 0.3) is 0 Å². The van der Waals surface area contributed by atoms with Gasteiger partial charge < -0.3 is 5.32 Å². The van der Waals surface area contributed by atoms with Gasteiger partial charge in [0.2, 0.25) is 0 Å². The van der Waals surface area contributed by atoms with Gasteiger partial charge in [-0.05, 0) is 43.3 Å². The average Bonchev–Trinajstić information content (AvgIpc) is 2.37. The molecular formula is C15H14Br2FN. The van der Waals surface area contributed by atoms with Crippen molar-refractivity contribution >= 4 is 31.9 Å². The fraction of sp³-hybridized carbons (Fsp3) is 0.200. The molecule has 0 bridgehead atoms. The molecular weight excluding hydrogens is 373 g/mol. The predicted molar refractivity (Wildman–Crippen MR) is 83.7 cm³/mol. The minimum atomic E-state index is -0.191. The number of benzene rings is 2. The zero-order chi connectivity index (χ0) is 13.8. The van der Waals surface area contributed by atoms with Crippen molar-refractivity contribution in [1.82, 2.24) is 5.32 Å². The van der Waals surface area contributed by atoms with Gasteiger partial charge in [0.05, 0.1) is 0 Å². The quantitative estimate of drug-likeness (QED) is 0.791. The summed E-state index contributed by atoms with van der Waals surface area (Å²) in [5.41, 5.74) is 1.83. The number of halogens is 3. The lowest BCUT2D eigenvalue weighted by Crippen LogP contribution is -2.20. The van der Waals surface area contributed by atoms with Crippen LogP contribution < -0.4 is 5.32 Å². The average molecular weight is 387 g/mol. The molecule has 4 heteroatoms. The van der Waals surface area contributed by atoms with Crippen LogP contribution >= 0.6 is 31.9 Å². The fourth-order valence-electron chi connectivity index (χ4n) is 2.09. The molecule has 0 spiro atoms. The van der Waals surface area contributed by atoms with Gasteiger partial charge in [-0.2, -0.15) is 0 Å². The highest BCUT2D eigenvalue weighted by Crippen LogP contribution is 2.29. The van der Waals surface area contributed by atoms with Crippen molar-refractivity contribution in [1.29, 1.82) is 0 Å². The lowest BCUT2D eigenvalue weighted by atomic mass is 9.98. The third-order valence-corrected chi connectivity index (χ3v) is 4.21. The summed E-state index contributed by atoms with van der Waals surface area (Å²) in [6, 6.07) is 13.1. The third-order valence-electron chi connectivity index (χ3n) is 3.03. The Morgan fingerprint density at radius 2 is 1.89 bits per heavy atom.